The van der Waals surface area contributed by atoms with E-state index >= 15 is 0 Å². The Morgan fingerprint density at radius 3 is 2.67 bits per heavy atom. The molecule has 1 aromatic heterocycles. The van der Waals surface area contributed by atoms with Crippen LogP contribution in [0, 0.1) is 0 Å². The van der Waals surface area contributed by atoms with Crippen LogP contribution in [0.4, 0.5) is 5.13 Å². The first-order chi connectivity index (χ1) is 13.4. The number of thioether (sulfide) groups is 1. The van der Waals surface area contributed by atoms with Gasteiger partial charge in [-0.25, -0.2) is 4.98 Å². The van der Waals surface area contributed by atoms with Gasteiger partial charge >= 0.3 is 0 Å². The van der Waals surface area contributed by atoms with Gasteiger partial charge in [-0.3, -0.25) is 10.3 Å². The van der Waals surface area contributed by atoms with Crippen LogP contribution in [-0.2, 0) is 6.54 Å². The summed E-state index contributed by atoms with van der Waals surface area (Å²) >= 11 is 3.61. The quantitative estimate of drug-likeness (QED) is 0.481. The first kappa shape index (κ1) is 18.2. The van der Waals surface area contributed by atoms with Crippen molar-refractivity contribution < 1.29 is 0 Å². The minimum absolute atomic E-state index is 0.802. The summed E-state index contributed by atoms with van der Waals surface area (Å²) in [5, 5.41) is 7.28. The van der Waals surface area contributed by atoms with Gasteiger partial charge in [0.05, 0.1) is 11.9 Å². The molecule has 4 rings (SSSR count). The lowest BCUT2D eigenvalue weighted by atomic mass is 10.1. The lowest BCUT2D eigenvalue weighted by Gasteiger charge is -2.26. The minimum atomic E-state index is 0.802. The maximum Gasteiger partial charge on any atom is 0.203 e. The smallest absolute Gasteiger partial charge is 0.203 e. The monoisotopic (exact) mass is 394 g/mol. The number of hydrazone groups is 1. The summed E-state index contributed by atoms with van der Waals surface area (Å²) < 4.78 is 0. The van der Waals surface area contributed by atoms with E-state index in [1.165, 1.54) is 17.1 Å². The Labute approximate surface area is 168 Å². The molecule has 138 valence electrons. The van der Waals surface area contributed by atoms with Crippen LogP contribution in [-0.4, -0.2) is 40.7 Å². The van der Waals surface area contributed by atoms with Crippen molar-refractivity contribution in [2.45, 2.75) is 6.54 Å². The molecule has 0 unspecified atom stereocenters. The number of hydrogen-bond donors (Lipinski definition) is 1. The Kier molecular flexibility index (Phi) is 6.19. The van der Waals surface area contributed by atoms with E-state index in [0.29, 0.717) is 0 Å². The summed E-state index contributed by atoms with van der Waals surface area (Å²) in [5.74, 6) is 2.46. The molecule has 2 aromatic carbocycles. The average molecular weight is 395 g/mol. The first-order valence-electron chi connectivity index (χ1n) is 9.06. The van der Waals surface area contributed by atoms with Crippen molar-refractivity contribution in [2.75, 3.05) is 30.0 Å². The van der Waals surface area contributed by atoms with E-state index in [1.54, 1.807) is 11.3 Å². The summed E-state index contributed by atoms with van der Waals surface area (Å²) in [6.45, 7) is 3.31. The fraction of sp³-hybridized carbons (Fsp3) is 0.238. The summed E-state index contributed by atoms with van der Waals surface area (Å²) in [6.07, 6.45) is 1.90. The van der Waals surface area contributed by atoms with Crippen molar-refractivity contribution in [1.82, 2.24) is 9.88 Å². The number of aromatic nitrogens is 1. The van der Waals surface area contributed by atoms with Crippen LogP contribution in [0.2, 0.25) is 0 Å². The molecule has 1 saturated heterocycles. The molecular formula is C21H22N4S2. The van der Waals surface area contributed by atoms with Crippen LogP contribution in [0.3, 0.4) is 0 Å². The molecule has 2 heterocycles. The number of anilines is 1. The molecule has 4 nitrogen and oxygen atoms in total. The normalized spacial score (nSPS) is 15.3. The lowest BCUT2D eigenvalue weighted by Crippen LogP contribution is -2.32. The number of benzene rings is 2. The Balaban J connectivity index is 1.41. The molecule has 1 N–H and O–H groups in total. The van der Waals surface area contributed by atoms with E-state index in [4.69, 9.17) is 0 Å². The fourth-order valence-electron chi connectivity index (χ4n) is 3.03. The average Bonchev–Trinajstić information content (AvgIpc) is 3.20. The fourth-order valence-corrected chi connectivity index (χ4v) is 4.68. The predicted molar refractivity (Wildman–Crippen MR) is 118 cm³/mol. The predicted octanol–water partition coefficient (Wildman–Crippen LogP) is 4.80. The molecule has 0 radical (unpaired) electrons. The van der Waals surface area contributed by atoms with Gasteiger partial charge in [0.25, 0.3) is 0 Å². The summed E-state index contributed by atoms with van der Waals surface area (Å²) in [6, 6.07) is 18.7. The molecule has 1 aliphatic heterocycles. The molecule has 0 spiro atoms. The van der Waals surface area contributed by atoms with Crippen molar-refractivity contribution >= 4 is 34.4 Å². The molecule has 1 aliphatic rings. The van der Waals surface area contributed by atoms with Crippen LogP contribution < -0.4 is 5.43 Å². The van der Waals surface area contributed by atoms with Crippen molar-refractivity contribution in [3.05, 3.63) is 71.1 Å². The van der Waals surface area contributed by atoms with Crippen molar-refractivity contribution in [3.63, 3.8) is 0 Å². The van der Waals surface area contributed by atoms with Crippen LogP contribution in [0.1, 0.15) is 11.1 Å². The number of nitrogens with zero attached hydrogens (tertiary/aromatic N) is 3. The summed E-state index contributed by atoms with van der Waals surface area (Å²) in [4.78, 5) is 7.13. The highest BCUT2D eigenvalue weighted by atomic mass is 32.2. The van der Waals surface area contributed by atoms with Crippen LogP contribution in [0.15, 0.2) is 65.1 Å². The maximum atomic E-state index is 4.61. The van der Waals surface area contributed by atoms with Gasteiger partial charge in [-0.15, -0.1) is 11.3 Å². The van der Waals surface area contributed by atoms with E-state index in [1.807, 2.05) is 36.2 Å². The van der Waals surface area contributed by atoms with Crippen molar-refractivity contribution in [2.24, 2.45) is 5.10 Å². The third-order valence-corrected chi connectivity index (χ3v) is 6.18. The number of rotatable bonds is 6. The number of thiazole rings is 1. The molecule has 0 bridgehead atoms. The summed E-state index contributed by atoms with van der Waals surface area (Å²) in [5.41, 5.74) is 7.64. The summed E-state index contributed by atoms with van der Waals surface area (Å²) in [7, 11) is 0. The van der Waals surface area contributed by atoms with Gasteiger partial charge < -0.3 is 0 Å². The number of nitrogens with one attached hydrogen (secondary N) is 1. The maximum absolute atomic E-state index is 4.61. The zero-order valence-corrected chi connectivity index (χ0v) is 16.7. The Bertz CT molecular complexity index is 886. The molecule has 6 heteroatoms. The van der Waals surface area contributed by atoms with E-state index in [2.05, 4.69) is 62.2 Å². The third-order valence-electron chi connectivity index (χ3n) is 4.49. The zero-order chi connectivity index (χ0) is 18.3. The van der Waals surface area contributed by atoms with Gasteiger partial charge in [0.2, 0.25) is 5.13 Å². The van der Waals surface area contributed by atoms with Crippen molar-refractivity contribution in [1.29, 1.82) is 0 Å². The SMILES string of the molecule is C(=NNc1nc(-c2ccccc2)cs1)c1ccccc1CN1CCSCC1. The Morgan fingerprint density at radius 1 is 1.04 bits per heavy atom. The molecule has 0 amide bonds. The molecule has 0 atom stereocenters. The van der Waals surface area contributed by atoms with E-state index in [-0.39, 0.29) is 0 Å². The van der Waals surface area contributed by atoms with Gasteiger partial charge in [0.15, 0.2) is 0 Å². The second-order valence-corrected chi connectivity index (χ2v) is 8.44. The van der Waals surface area contributed by atoms with Crippen molar-refractivity contribution in [3.8, 4) is 11.3 Å². The first-order valence-corrected chi connectivity index (χ1v) is 11.1. The van der Waals surface area contributed by atoms with Gasteiger partial charge in [-0.05, 0) is 11.1 Å². The number of hydrogen-bond acceptors (Lipinski definition) is 6. The van der Waals surface area contributed by atoms with E-state index < -0.39 is 0 Å². The second kappa shape index (κ2) is 9.17. The highest BCUT2D eigenvalue weighted by Gasteiger charge is 2.12. The lowest BCUT2D eigenvalue weighted by molar-refractivity contribution is 0.294. The van der Waals surface area contributed by atoms with E-state index in [0.717, 1.165) is 41.6 Å². The van der Waals surface area contributed by atoms with Gasteiger partial charge in [0, 0.05) is 42.1 Å². The molecule has 1 fully saturated rings. The van der Waals surface area contributed by atoms with E-state index in [9.17, 15) is 0 Å². The van der Waals surface area contributed by atoms with Gasteiger partial charge in [-0.1, -0.05) is 54.6 Å². The topological polar surface area (TPSA) is 40.5 Å². The third kappa shape index (κ3) is 4.97. The molecular weight excluding hydrogens is 372 g/mol. The molecule has 0 aliphatic carbocycles. The second-order valence-electron chi connectivity index (χ2n) is 6.36. The molecule has 0 saturated carbocycles. The van der Waals surface area contributed by atoms with Crippen LogP contribution >= 0.6 is 23.1 Å². The highest BCUT2D eigenvalue weighted by molar-refractivity contribution is 7.99. The van der Waals surface area contributed by atoms with Crippen LogP contribution in [0.25, 0.3) is 11.3 Å². The highest BCUT2D eigenvalue weighted by Crippen LogP contribution is 2.24. The Hall–Kier alpha value is -2.15. The zero-order valence-electron chi connectivity index (χ0n) is 15.0. The molecule has 3 aromatic rings. The standard InChI is InChI=1S/C21H22N4S2/c1-2-6-17(7-3-1)20-16-27-21(23-20)24-22-14-18-8-4-5-9-19(18)15-25-10-12-26-13-11-25/h1-9,14,16H,10-13,15H2,(H,23,24). The Morgan fingerprint density at radius 2 is 1.81 bits per heavy atom. The minimum Gasteiger partial charge on any atom is -0.297 e. The van der Waals surface area contributed by atoms with Gasteiger partial charge in [-0.2, -0.15) is 16.9 Å². The van der Waals surface area contributed by atoms with Crippen LogP contribution in [0.5, 0.6) is 0 Å². The van der Waals surface area contributed by atoms with Gasteiger partial charge in [0.1, 0.15) is 0 Å². The largest absolute Gasteiger partial charge is 0.297 e. The molecule has 27 heavy (non-hydrogen) atoms.